The van der Waals surface area contributed by atoms with Gasteiger partial charge in [-0.1, -0.05) is 13.3 Å². The molecule has 0 aliphatic rings. The maximum Gasteiger partial charge on any atom is 0.343 e. The van der Waals surface area contributed by atoms with Crippen LogP contribution in [-0.2, 0) is 11.2 Å². The molecule has 0 aliphatic carbocycles. The Balaban J connectivity index is 2.53. The van der Waals surface area contributed by atoms with Gasteiger partial charge in [-0.3, -0.25) is 9.89 Å². The fraction of sp³-hybridized carbons (Fsp3) is 0.417. The molecule has 0 spiro atoms. The number of fused-ring (bicyclic) bond motifs is 1. The van der Waals surface area contributed by atoms with Gasteiger partial charge >= 0.3 is 5.97 Å². The Hall–Kier alpha value is -2.11. The molecule has 96 valence electrons. The third-order valence-electron chi connectivity index (χ3n) is 2.63. The largest absolute Gasteiger partial charge is 0.462 e. The van der Waals surface area contributed by atoms with Crippen molar-refractivity contribution in [2.24, 2.45) is 0 Å². The average Bonchev–Trinajstić information content (AvgIpc) is 2.78. The zero-order valence-corrected chi connectivity index (χ0v) is 10.4. The van der Waals surface area contributed by atoms with Crippen molar-refractivity contribution in [3.05, 3.63) is 33.9 Å². The standard InChI is InChI=1S/C12H15N3O3/c1-3-5-8-6-13-10-9(12(17)18-4-2)7-14-15(10)11(8)16/h6-7,14H,3-5H2,1-2H3. The van der Waals surface area contributed by atoms with Crippen molar-refractivity contribution < 1.29 is 9.53 Å². The molecule has 0 aliphatic heterocycles. The quantitative estimate of drug-likeness (QED) is 0.825. The van der Waals surface area contributed by atoms with Crippen LogP contribution in [-0.4, -0.2) is 27.2 Å². The maximum atomic E-state index is 12.1. The fourth-order valence-corrected chi connectivity index (χ4v) is 1.80. The van der Waals surface area contributed by atoms with E-state index in [2.05, 4.69) is 10.1 Å². The molecule has 2 rings (SSSR count). The smallest absolute Gasteiger partial charge is 0.343 e. The van der Waals surface area contributed by atoms with Crippen molar-refractivity contribution >= 4 is 11.6 Å². The fourth-order valence-electron chi connectivity index (χ4n) is 1.80. The second-order valence-electron chi connectivity index (χ2n) is 3.91. The lowest BCUT2D eigenvalue weighted by atomic mass is 10.2. The second kappa shape index (κ2) is 5.03. The molecule has 0 bridgehead atoms. The number of carbonyl (C=O) groups is 1. The molecule has 0 saturated heterocycles. The van der Waals surface area contributed by atoms with Crippen LogP contribution in [0.15, 0.2) is 17.2 Å². The van der Waals surface area contributed by atoms with Gasteiger partial charge in [0, 0.05) is 18.0 Å². The van der Waals surface area contributed by atoms with E-state index < -0.39 is 5.97 Å². The summed E-state index contributed by atoms with van der Waals surface area (Å²) in [6.45, 7) is 4.01. The first-order valence-corrected chi connectivity index (χ1v) is 5.94. The molecule has 0 aromatic carbocycles. The number of nitrogens with one attached hydrogen (secondary N) is 1. The molecule has 2 aromatic rings. The Morgan fingerprint density at radius 3 is 2.94 bits per heavy atom. The molecule has 0 saturated carbocycles. The molecule has 0 fully saturated rings. The monoisotopic (exact) mass is 249 g/mol. The molecule has 0 amide bonds. The van der Waals surface area contributed by atoms with Gasteiger partial charge in [0.05, 0.1) is 6.61 Å². The second-order valence-corrected chi connectivity index (χ2v) is 3.91. The maximum absolute atomic E-state index is 12.1. The van der Waals surface area contributed by atoms with Crippen molar-refractivity contribution in [3.63, 3.8) is 0 Å². The lowest BCUT2D eigenvalue weighted by Gasteiger charge is -2.00. The number of ether oxygens (including phenoxy) is 1. The number of rotatable bonds is 4. The van der Waals surface area contributed by atoms with Crippen LogP contribution in [0.3, 0.4) is 0 Å². The van der Waals surface area contributed by atoms with E-state index in [9.17, 15) is 9.59 Å². The summed E-state index contributed by atoms with van der Waals surface area (Å²) in [7, 11) is 0. The number of esters is 1. The van der Waals surface area contributed by atoms with Crippen LogP contribution >= 0.6 is 0 Å². The number of aryl methyl sites for hydroxylation is 1. The first-order valence-electron chi connectivity index (χ1n) is 5.94. The Morgan fingerprint density at radius 1 is 1.50 bits per heavy atom. The van der Waals surface area contributed by atoms with Gasteiger partial charge in [0.2, 0.25) is 0 Å². The van der Waals surface area contributed by atoms with Crippen molar-refractivity contribution in [1.82, 2.24) is 14.6 Å². The number of carbonyl (C=O) groups excluding carboxylic acids is 1. The minimum atomic E-state index is -0.480. The van der Waals surface area contributed by atoms with Crippen LogP contribution in [0.25, 0.3) is 5.65 Å². The number of nitrogens with zero attached hydrogens (tertiary/aromatic N) is 2. The highest BCUT2D eigenvalue weighted by Crippen LogP contribution is 2.08. The Bertz CT molecular complexity index is 627. The van der Waals surface area contributed by atoms with E-state index >= 15 is 0 Å². The summed E-state index contributed by atoms with van der Waals surface area (Å²) in [6.07, 6.45) is 4.51. The molecule has 0 atom stereocenters. The summed E-state index contributed by atoms with van der Waals surface area (Å²) in [4.78, 5) is 27.9. The molecule has 0 radical (unpaired) electrons. The summed E-state index contributed by atoms with van der Waals surface area (Å²) in [5.41, 5.74) is 1.04. The van der Waals surface area contributed by atoms with Gasteiger partial charge in [-0.15, -0.1) is 0 Å². The predicted molar refractivity (Wildman–Crippen MR) is 65.8 cm³/mol. The lowest BCUT2D eigenvalue weighted by Crippen LogP contribution is -2.20. The lowest BCUT2D eigenvalue weighted by molar-refractivity contribution is 0.0528. The first-order chi connectivity index (χ1) is 8.69. The molecule has 1 N–H and O–H groups in total. The highest BCUT2D eigenvalue weighted by atomic mass is 16.5. The van der Waals surface area contributed by atoms with Crippen LogP contribution in [0.1, 0.15) is 36.2 Å². The molecular weight excluding hydrogens is 234 g/mol. The third kappa shape index (κ3) is 2.01. The molecule has 0 unspecified atom stereocenters. The SMILES string of the molecule is CCCc1cnc2c(C(=O)OCC)c[nH]n2c1=O. The molecule has 6 heteroatoms. The normalized spacial score (nSPS) is 10.8. The van der Waals surface area contributed by atoms with E-state index in [1.807, 2.05) is 6.92 Å². The first kappa shape index (κ1) is 12.3. The molecule has 2 heterocycles. The summed E-state index contributed by atoms with van der Waals surface area (Å²) < 4.78 is 6.17. The Kier molecular flexibility index (Phi) is 3.45. The van der Waals surface area contributed by atoms with Gasteiger partial charge in [0.25, 0.3) is 5.56 Å². The van der Waals surface area contributed by atoms with Crippen LogP contribution in [0, 0.1) is 0 Å². The third-order valence-corrected chi connectivity index (χ3v) is 2.63. The highest BCUT2D eigenvalue weighted by molar-refractivity contribution is 5.95. The summed E-state index contributed by atoms with van der Waals surface area (Å²) in [5.74, 6) is -0.480. The summed E-state index contributed by atoms with van der Waals surface area (Å²) >= 11 is 0. The zero-order chi connectivity index (χ0) is 13.1. The van der Waals surface area contributed by atoms with E-state index in [0.29, 0.717) is 17.6 Å². The van der Waals surface area contributed by atoms with Gasteiger partial charge in [0.15, 0.2) is 5.65 Å². The minimum absolute atomic E-state index is 0.169. The van der Waals surface area contributed by atoms with Crippen LogP contribution in [0.2, 0.25) is 0 Å². The van der Waals surface area contributed by atoms with Gasteiger partial charge in [-0.2, -0.15) is 0 Å². The van der Waals surface area contributed by atoms with E-state index in [4.69, 9.17) is 4.74 Å². The average molecular weight is 249 g/mol. The number of hydrogen-bond acceptors (Lipinski definition) is 4. The van der Waals surface area contributed by atoms with Crippen LogP contribution < -0.4 is 5.56 Å². The molecule has 2 aromatic heterocycles. The predicted octanol–water partition coefficient (Wildman–Crippen LogP) is 1.15. The van der Waals surface area contributed by atoms with Gasteiger partial charge in [-0.05, 0) is 13.3 Å². The van der Waals surface area contributed by atoms with Crippen molar-refractivity contribution in [3.8, 4) is 0 Å². The minimum Gasteiger partial charge on any atom is -0.462 e. The van der Waals surface area contributed by atoms with Crippen LogP contribution in [0.5, 0.6) is 0 Å². The highest BCUT2D eigenvalue weighted by Gasteiger charge is 2.16. The van der Waals surface area contributed by atoms with Gasteiger partial charge in [-0.25, -0.2) is 14.3 Å². The molecular formula is C12H15N3O3. The molecule has 6 nitrogen and oxygen atoms in total. The number of aromatic amines is 1. The summed E-state index contributed by atoms with van der Waals surface area (Å²) in [5, 5.41) is 2.74. The van der Waals surface area contributed by atoms with Crippen molar-refractivity contribution in [2.75, 3.05) is 6.61 Å². The zero-order valence-electron chi connectivity index (χ0n) is 10.4. The van der Waals surface area contributed by atoms with Crippen molar-refractivity contribution in [2.45, 2.75) is 26.7 Å². The van der Waals surface area contributed by atoms with Crippen molar-refractivity contribution in [1.29, 1.82) is 0 Å². The van der Waals surface area contributed by atoms with Gasteiger partial charge in [0.1, 0.15) is 5.56 Å². The number of aromatic nitrogens is 3. The van der Waals surface area contributed by atoms with E-state index in [1.54, 1.807) is 6.92 Å². The number of hydrogen-bond donors (Lipinski definition) is 1. The Morgan fingerprint density at radius 2 is 2.28 bits per heavy atom. The van der Waals surface area contributed by atoms with E-state index in [-0.39, 0.29) is 17.7 Å². The topological polar surface area (TPSA) is 76.5 Å². The Labute approximate surface area is 104 Å². The van der Waals surface area contributed by atoms with E-state index in [0.717, 1.165) is 6.42 Å². The molecule has 18 heavy (non-hydrogen) atoms. The van der Waals surface area contributed by atoms with Gasteiger partial charge < -0.3 is 4.74 Å². The van der Waals surface area contributed by atoms with E-state index in [1.165, 1.54) is 16.9 Å². The number of H-pyrrole nitrogens is 1. The van der Waals surface area contributed by atoms with Crippen LogP contribution in [0.4, 0.5) is 0 Å². The summed E-state index contributed by atoms with van der Waals surface area (Å²) in [6, 6.07) is 0.